The Kier molecular flexibility index (Phi) is 2.91. The summed E-state index contributed by atoms with van der Waals surface area (Å²) in [5.74, 6) is 0. The predicted molar refractivity (Wildman–Crippen MR) is 57.8 cm³/mol. The topological polar surface area (TPSA) is 29.5 Å². The second-order valence-electron chi connectivity index (χ2n) is 5.63. The predicted octanol–water partition coefficient (Wildman–Crippen LogP) is 2.26. The molecule has 2 unspecified atom stereocenters. The third kappa shape index (κ3) is 1.83. The Morgan fingerprint density at radius 1 is 1.38 bits per heavy atom. The van der Waals surface area contributed by atoms with Gasteiger partial charge >= 0.3 is 0 Å². The van der Waals surface area contributed by atoms with Crippen molar-refractivity contribution in [2.45, 2.75) is 50.5 Å². The van der Waals surface area contributed by atoms with Crippen molar-refractivity contribution >= 4 is 8.07 Å². The van der Waals surface area contributed by atoms with E-state index in [1.165, 1.54) is 0 Å². The average Bonchev–Trinajstić information content (AvgIpc) is 1.81. The van der Waals surface area contributed by atoms with Gasteiger partial charge in [-0.15, -0.1) is 0 Å². The van der Waals surface area contributed by atoms with Gasteiger partial charge in [0.05, 0.1) is 27.4 Å². The third-order valence-electron chi connectivity index (χ3n) is 3.98. The van der Waals surface area contributed by atoms with Crippen molar-refractivity contribution in [2.24, 2.45) is 0 Å². The lowest BCUT2D eigenvalue weighted by atomic mass is 10.2. The molecule has 0 spiro atoms. The van der Waals surface area contributed by atoms with E-state index < -0.39 is 8.07 Å². The molecule has 1 aliphatic heterocycles. The van der Waals surface area contributed by atoms with Crippen molar-refractivity contribution in [2.75, 3.05) is 13.2 Å². The van der Waals surface area contributed by atoms with Crippen molar-refractivity contribution in [3.8, 4) is 0 Å². The number of rotatable bonds is 2. The molecule has 1 N–H and O–H groups in total. The van der Waals surface area contributed by atoms with Crippen molar-refractivity contribution in [1.82, 2.24) is 0 Å². The van der Waals surface area contributed by atoms with Crippen LogP contribution in [-0.4, -0.2) is 32.5 Å². The summed E-state index contributed by atoms with van der Waals surface area (Å²) in [4.78, 5) is 0. The van der Waals surface area contributed by atoms with Crippen LogP contribution >= 0.6 is 0 Å². The first-order valence-corrected chi connectivity index (χ1v) is 8.11. The molecule has 13 heavy (non-hydrogen) atoms. The Labute approximate surface area is 82.3 Å². The lowest BCUT2D eigenvalue weighted by Crippen LogP contribution is -2.55. The van der Waals surface area contributed by atoms with Crippen molar-refractivity contribution in [1.29, 1.82) is 0 Å². The van der Waals surface area contributed by atoms with Crippen molar-refractivity contribution < 1.29 is 9.84 Å². The maximum atomic E-state index is 9.08. The van der Waals surface area contributed by atoms with E-state index >= 15 is 0 Å². The fourth-order valence-corrected chi connectivity index (χ4v) is 4.49. The Morgan fingerprint density at radius 2 is 1.92 bits per heavy atom. The minimum atomic E-state index is -1.29. The Bertz CT molecular complexity index is 182. The summed E-state index contributed by atoms with van der Waals surface area (Å²) >= 11 is 0. The molecule has 0 saturated carbocycles. The van der Waals surface area contributed by atoms with Gasteiger partial charge in [0, 0.05) is 5.54 Å². The molecule has 1 fully saturated rings. The summed E-state index contributed by atoms with van der Waals surface area (Å²) in [6, 6.07) is 0. The molecule has 1 rings (SSSR count). The van der Waals surface area contributed by atoms with E-state index in [4.69, 9.17) is 9.84 Å². The number of ether oxygens (including phenoxy) is 1. The highest BCUT2D eigenvalue weighted by Gasteiger charge is 2.49. The van der Waals surface area contributed by atoms with Crippen LogP contribution in [-0.2, 0) is 4.74 Å². The van der Waals surface area contributed by atoms with E-state index in [1.807, 2.05) is 0 Å². The minimum absolute atomic E-state index is 0.126. The number of aliphatic hydroxyl groups excluding tert-OH is 1. The summed E-state index contributed by atoms with van der Waals surface area (Å²) in [5.41, 5.74) is 0.637. The molecule has 2 atom stereocenters. The SMILES string of the molecule is CC(C)(C)[Si](C)(C)C1COC1CO. The van der Waals surface area contributed by atoms with E-state index in [9.17, 15) is 0 Å². The van der Waals surface area contributed by atoms with E-state index in [0.29, 0.717) is 10.6 Å². The molecule has 1 aliphatic rings. The van der Waals surface area contributed by atoms with Gasteiger partial charge < -0.3 is 9.84 Å². The van der Waals surface area contributed by atoms with Gasteiger partial charge in [0.2, 0.25) is 0 Å². The Balaban J connectivity index is 2.70. The van der Waals surface area contributed by atoms with Gasteiger partial charge in [-0.05, 0) is 5.04 Å². The largest absolute Gasteiger partial charge is 0.394 e. The van der Waals surface area contributed by atoms with E-state index in [1.54, 1.807) is 0 Å². The van der Waals surface area contributed by atoms with Gasteiger partial charge in [-0.2, -0.15) is 0 Å². The smallest absolute Gasteiger partial charge is 0.0832 e. The quantitative estimate of drug-likeness (QED) is 0.696. The molecule has 1 heterocycles. The number of aliphatic hydroxyl groups is 1. The number of hydrogen-bond acceptors (Lipinski definition) is 2. The van der Waals surface area contributed by atoms with Gasteiger partial charge in [0.1, 0.15) is 0 Å². The summed E-state index contributed by atoms with van der Waals surface area (Å²) in [6.07, 6.45) is 0.126. The van der Waals surface area contributed by atoms with Crippen LogP contribution in [0.25, 0.3) is 0 Å². The molecular weight excluding hydrogens is 180 g/mol. The van der Waals surface area contributed by atoms with Gasteiger partial charge in [-0.3, -0.25) is 0 Å². The Hall–Kier alpha value is 0.137. The van der Waals surface area contributed by atoms with E-state index in [2.05, 4.69) is 33.9 Å². The first kappa shape index (κ1) is 11.2. The molecular formula is C10H22O2Si. The maximum Gasteiger partial charge on any atom is 0.0832 e. The molecule has 1 saturated heterocycles. The van der Waals surface area contributed by atoms with Crippen LogP contribution in [0.5, 0.6) is 0 Å². The normalized spacial score (nSPS) is 30.0. The molecule has 0 radical (unpaired) electrons. The van der Waals surface area contributed by atoms with Crippen LogP contribution in [0.2, 0.25) is 23.7 Å². The highest BCUT2D eigenvalue weighted by molar-refractivity contribution is 6.81. The second kappa shape index (κ2) is 3.37. The van der Waals surface area contributed by atoms with Crippen LogP contribution in [0, 0.1) is 0 Å². The van der Waals surface area contributed by atoms with Gasteiger partial charge in [-0.1, -0.05) is 33.9 Å². The molecule has 0 aromatic rings. The molecule has 0 aromatic carbocycles. The van der Waals surface area contributed by atoms with Crippen molar-refractivity contribution in [3.05, 3.63) is 0 Å². The van der Waals surface area contributed by atoms with Gasteiger partial charge in [0.15, 0.2) is 0 Å². The summed E-state index contributed by atoms with van der Waals surface area (Å²) in [6.45, 7) is 12.8. The van der Waals surface area contributed by atoms with Crippen LogP contribution < -0.4 is 0 Å². The van der Waals surface area contributed by atoms with E-state index in [-0.39, 0.29) is 12.7 Å². The van der Waals surface area contributed by atoms with Gasteiger partial charge in [-0.25, -0.2) is 0 Å². The zero-order valence-corrected chi connectivity index (χ0v) is 10.4. The molecule has 3 heteroatoms. The summed E-state index contributed by atoms with van der Waals surface area (Å²) in [7, 11) is -1.29. The average molecular weight is 202 g/mol. The monoisotopic (exact) mass is 202 g/mol. The third-order valence-corrected chi connectivity index (χ3v) is 10.2. The standard InChI is InChI=1S/C10H22O2Si/c1-10(2,3)13(4,5)9-7-12-8(9)6-11/h8-9,11H,6-7H2,1-5H3. The fraction of sp³-hybridized carbons (Fsp3) is 1.00. The van der Waals surface area contributed by atoms with Gasteiger partial charge in [0.25, 0.3) is 0 Å². The van der Waals surface area contributed by atoms with E-state index in [0.717, 1.165) is 6.61 Å². The maximum absolute atomic E-state index is 9.08. The van der Waals surface area contributed by atoms with Crippen molar-refractivity contribution in [3.63, 3.8) is 0 Å². The fourth-order valence-electron chi connectivity index (χ4n) is 1.74. The number of hydrogen-bond donors (Lipinski definition) is 1. The van der Waals surface area contributed by atoms with Crippen LogP contribution in [0.4, 0.5) is 0 Å². The Morgan fingerprint density at radius 3 is 2.15 bits per heavy atom. The molecule has 78 valence electrons. The highest BCUT2D eigenvalue weighted by atomic mass is 28.3. The highest BCUT2D eigenvalue weighted by Crippen LogP contribution is 2.48. The minimum Gasteiger partial charge on any atom is -0.394 e. The molecule has 0 aromatic heterocycles. The molecule has 0 amide bonds. The summed E-state index contributed by atoms with van der Waals surface area (Å²) in [5, 5.41) is 9.48. The van der Waals surface area contributed by atoms with Crippen LogP contribution in [0.3, 0.4) is 0 Å². The second-order valence-corrected chi connectivity index (χ2v) is 11.3. The first-order chi connectivity index (χ1) is 5.80. The lowest BCUT2D eigenvalue weighted by Gasteiger charge is -2.51. The molecule has 0 bridgehead atoms. The summed E-state index contributed by atoms with van der Waals surface area (Å²) < 4.78 is 5.36. The molecule has 2 nitrogen and oxygen atoms in total. The van der Waals surface area contributed by atoms with Crippen LogP contribution in [0.1, 0.15) is 20.8 Å². The first-order valence-electron chi connectivity index (χ1n) is 5.03. The van der Waals surface area contributed by atoms with Crippen LogP contribution in [0.15, 0.2) is 0 Å². The molecule has 0 aliphatic carbocycles. The lowest BCUT2D eigenvalue weighted by molar-refractivity contribution is -0.0803. The zero-order chi connectivity index (χ0) is 10.3. The zero-order valence-electron chi connectivity index (χ0n) is 9.42.